The van der Waals surface area contributed by atoms with Gasteiger partial charge in [-0.25, -0.2) is 0 Å². The molecule has 0 aromatic carbocycles. The van der Waals surface area contributed by atoms with E-state index >= 15 is 0 Å². The second kappa shape index (κ2) is 4.45. The molecule has 0 heterocycles. The van der Waals surface area contributed by atoms with Crippen LogP contribution in [0.5, 0.6) is 0 Å². The minimum absolute atomic E-state index is 0.184. The monoisotopic (exact) mass is 172 g/mol. The lowest BCUT2D eigenvalue weighted by atomic mass is 10.1. The highest BCUT2D eigenvalue weighted by molar-refractivity contribution is 5.65. The van der Waals surface area contributed by atoms with Gasteiger partial charge in [-0.2, -0.15) is 0 Å². The Morgan fingerprint density at radius 3 is 2.75 bits per heavy atom. The molecule has 0 aliphatic heterocycles. The zero-order valence-corrected chi connectivity index (χ0v) is 7.71. The van der Waals surface area contributed by atoms with Crippen molar-refractivity contribution < 1.29 is 14.3 Å². The summed E-state index contributed by atoms with van der Waals surface area (Å²) in [6, 6.07) is 0. The third-order valence-corrected chi connectivity index (χ3v) is 2.35. The molecule has 3 nitrogen and oxygen atoms in total. The summed E-state index contributed by atoms with van der Waals surface area (Å²) >= 11 is 0. The summed E-state index contributed by atoms with van der Waals surface area (Å²) in [5.74, 6) is 0.328. The van der Waals surface area contributed by atoms with E-state index in [9.17, 15) is 4.79 Å². The maximum Gasteiger partial charge on any atom is 0.302 e. The number of methoxy groups -OCH3 is 1. The molecule has 70 valence electrons. The largest absolute Gasteiger partial charge is 0.466 e. The van der Waals surface area contributed by atoms with Crippen LogP contribution in [0, 0.1) is 5.92 Å². The number of carbonyl (C=O) groups excluding carboxylic acids is 1. The van der Waals surface area contributed by atoms with Crippen molar-refractivity contribution in [2.75, 3.05) is 13.7 Å². The second-order valence-corrected chi connectivity index (χ2v) is 3.34. The third kappa shape index (κ3) is 2.81. The molecule has 0 amide bonds. The highest BCUT2D eigenvalue weighted by Crippen LogP contribution is 2.27. The maximum atomic E-state index is 10.5. The zero-order valence-electron chi connectivity index (χ0n) is 7.71. The van der Waals surface area contributed by atoms with Crippen molar-refractivity contribution in [1.29, 1.82) is 0 Å². The molecule has 2 atom stereocenters. The van der Waals surface area contributed by atoms with Crippen molar-refractivity contribution in [1.82, 2.24) is 0 Å². The summed E-state index contributed by atoms with van der Waals surface area (Å²) in [6.45, 7) is 2.01. The van der Waals surface area contributed by atoms with Crippen molar-refractivity contribution in [3.8, 4) is 0 Å². The first-order valence-corrected chi connectivity index (χ1v) is 4.38. The molecule has 0 N–H and O–H groups in total. The van der Waals surface area contributed by atoms with Gasteiger partial charge >= 0.3 is 5.97 Å². The fraction of sp³-hybridized carbons (Fsp3) is 0.889. The van der Waals surface area contributed by atoms with Gasteiger partial charge < -0.3 is 9.47 Å². The molecule has 1 saturated carbocycles. The van der Waals surface area contributed by atoms with E-state index in [1.54, 1.807) is 7.11 Å². The van der Waals surface area contributed by atoms with Gasteiger partial charge in [0, 0.05) is 14.0 Å². The standard InChI is InChI=1S/C9H16O3/c1-7(10)12-6-8-3-4-9(5-8)11-2/h8-9H,3-6H2,1-2H3/t8-,9+/m0/s1. The topological polar surface area (TPSA) is 35.5 Å². The van der Waals surface area contributed by atoms with E-state index in [0.29, 0.717) is 18.6 Å². The van der Waals surface area contributed by atoms with Crippen molar-refractivity contribution >= 4 is 5.97 Å². The first kappa shape index (κ1) is 9.52. The predicted molar refractivity (Wildman–Crippen MR) is 44.8 cm³/mol. The first-order chi connectivity index (χ1) is 5.72. The minimum atomic E-state index is -0.184. The van der Waals surface area contributed by atoms with Crippen molar-refractivity contribution in [3.05, 3.63) is 0 Å². The quantitative estimate of drug-likeness (QED) is 0.603. The molecule has 0 radical (unpaired) electrons. The summed E-state index contributed by atoms with van der Waals surface area (Å²) in [5, 5.41) is 0. The normalized spacial score (nSPS) is 28.8. The average Bonchev–Trinajstić information content (AvgIpc) is 2.48. The van der Waals surface area contributed by atoms with Crippen LogP contribution >= 0.6 is 0 Å². The van der Waals surface area contributed by atoms with E-state index in [1.807, 2.05) is 0 Å². The van der Waals surface area contributed by atoms with Crippen LogP contribution in [0.2, 0.25) is 0 Å². The maximum absolute atomic E-state index is 10.5. The summed E-state index contributed by atoms with van der Waals surface area (Å²) in [5.41, 5.74) is 0. The van der Waals surface area contributed by atoms with Crippen LogP contribution in [-0.2, 0) is 14.3 Å². The van der Waals surface area contributed by atoms with Crippen molar-refractivity contribution in [3.63, 3.8) is 0 Å². The van der Waals surface area contributed by atoms with E-state index < -0.39 is 0 Å². The van der Waals surface area contributed by atoms with E-state index in [0.717, 1.165) is 19.3 Å². The van der Waals surface area contributed by atoms with Crippen LogP contribution in [-0.4, -0.2) is 25.8 Å². The van der Waals surface area contributed by atoms with Gasteiger partial charge in [0.15, 0.2) is 0 Å². The van der Waals surface area contributed by atoms with E-state index in [2.05, 4.69) is 0 Å². The number of carbonyl (C=O) groups is 1. The molecule has 0 bridgehead atoms. The van der Waals surface area contributed by atoms with Crippen molar-refractivity contribution in [2.24, 2.45) is 5.92 Å². The molecule has 0 aromatic heterocycles. The van der Waals surface area contributed by atoms with Crippen LogP contribution in [0.25, 0.3) is 0 Å². The van der Waals surface area contributed by atoms with E-state index in [-0.39, 0.29) is 5.97 Å². The van der Waals surface area contributed by atoms with Crippen LogP contribution in [0.4, 0.5) is 0 Å². The highest BCUT2D eigenvalue weighted by atomic mass is 16.5. The molecule has 1 aliphatic carbocycles. The third-order valence-electron chi connectivity index (χ3n) is 2.35. The Morgan fingerprint density at radius 2 is 2.25 bits per heavy atom. The van der Waals surface area contributed by atoms with Gasteiger partial charge in [-0.15, -0.1) is 0 Å². The fourth-order valence-electron chi connectivity index (χ4n) is 1.63. The summed E-state index contributed by atoms with van der Waals surface area (Å²) < 4.78 is 10.1. The smallest absolute Gasteiger partial charge is 0.302 e. The lowest BCUT2D eigenvalue weighted by Crippen LogP contribution is -2.11. The fourth-order valence-corrected chi connectivity index (χ4v) is 1.63. The minimum Gasteiger partial charge on any atom is -0.466 e. The van der Waals surface area contributed by atoms with Gasteiger partial charge in [0.2, 0.25) is 0 Å². The van der Waals surface area contributed by atoms with Gasteiger partial charge in [-0.1, -0.05) is 0 Å². The number of ether oxygens (including phenoxy) is 2. The molecule has 12 heavy (non-hydrogen) atoms. The Morgan fingerprint density at radius 1 is 1.50 bits per heavy atom. The molecule has 1 rings (SSSR count). The van der Waals surface area contributed by atoms with E-state index in [4.69, 9.17) is 9.47 Å². The van der Waals surface area contributed by atoms with Gasteiger partial charge in [0.05, 0.1) is 12.7 Å². The molecular formula is C9H16O3. The SMILES string of the molecule is CO[C@@H]1CC[C@H](COC(C)=O)C1. The number of hydrogen-bond acceptors (Lipinski definition) is 3. The van der Waals surface area contributed by atoms with Crippen LogP contribution in [0.3, 0.4) is 0 Å². The Kier molecular flexibility index (Phi) is 3.53. The second-order valence-electron chi connectivity index (χ2n) is 3.34. The summed E-state index contributed by atoms with van der Waals surface area (Å²) in [6.07, 6.45) is 3.63. The van der Waals surface area contributed by atoms with Gasteiger partial charge in [-0.3, -0.25) is 4.79 Å². The summed E-state index contributed by atoms with van der Waals surface area (Å²) in [4.78, 5) is 10.5. The number of esters is 1. The summed E-state index contributed by atoms with van der Waals surface area (Å²) in [7, 11) is 1.73. The molecule has 0 saturated heterocycles. The highest BCUT2D eigenvalue weighted by Gasteiger charge is 2.24. The molecule has 1 aliphatic rings. The van der Waals surface area contributed by atoms with Gasteiger partial charge in [0.25, 0.3) is 0 Å². The molecule has 0 spiro atoms. The molecule has 0 aromatic rings. The van der Waals surface area contributed by atoms with Crippen LogP contribution in [0.1, 0.15) is 26.2 Å². The molecular weight excluding hydrogens is 156 g/mol. The average molecular weight is 172 g/mol. The Labute approximate surface area is 73.0 Å². The number of hydrogen-bond donors (Lipinski definition) is 0. The molecule has 3 heteroatoms. The molecule has 1 fully saturated rings. The Bertz CT molecular complexity index is 156. The lowest BCUT2D eigenvalue weighted by molar-refractivity contribution is -0.142. The zero-order chi connectivity index (χ0) is 8.97. The molecule has 0 unspecified atom stereocenters. The lowest BCUT2D eigenvalue weighted by Gasteiger charge is -2.09. The van der Waals surface area contributed by atoms with Gasteiger partial charge in [-0.05, 0) is 25.2 Å². The van der Waals surface area contributed by atoms with Crippen LogP contribution < -0.4 is 0 Å². The van der Waals surface area contributed by atoms with Crippen molar-refractivity contribution in [2.45, 2.75) is 32.3 Å². The van der Waals surface area contributed by atoms with E-state index in [1.165, 1.54) is 6.92 Å². The Balaban J connectivity index is 2.15. The number of rotatable bonds is 3. The Hall–Kier alpha value is -0.570. The predicted octanol–water partition coefficient (Wildman–Crippen LogP) is 1.36. The van der Waals surface area contributed by atoms with Gasteiger partial charge in [0.1, 0.15) is 0 Å². The first-order valence-electron chi connectivity index (χ1n) is 4.38. The van der Waals surface area contributed by atoms with Crippen LogP contribution in [0.15, 0.2) is 0 Å².